The molecule has 2 rings (SSSR count). The molecule has 5 heteroatoms. The van der Waals surface area contributed by atoms with E-state index in [0.717, 1.165) is 5.56 Å². The third-order valence-electron chi connectivity index (χ3n) is 4.54. The lowest BCUT2D eigenvalue weighted by Crippen LogP contribution is -2.44. The Morgan fingerprint density at radius 3 is 2.50 bits per heavy atom. The maximum absolute atomic E-state index is 12.4. The summed E-state index contributed by atoms with van der Waals surface area (Å²) in [5.74, 6) is -0.232. The fourth-order valence-electron chi connectivity index (χ4n) is 2.85. The van der Waals surface area contributed by atoms with Crippen molar-refractivity contribution in [2.24, 2.45) is 0 Å². The van der Waals surface area contributed by atoms with E-state index in [1.54, 1.807) is 39.0 Å². The van der Waals surface area contributed by atoms with Crippen molar-refractivity contribution in [1.82, 2.24) is 4.98 Å². The van der Waals surface area contributed by atoms with Crippen molar-refractivity contribution in [2.45, 2.75) is 32.3 Å². The molecule has 128 valence electrons. The van der Waals surface area contributed by atoms with Crippen LogP contribution in [0.1, 0.15) is 26.3 Å². The number of aliphatic hydroxyl groups excluding tert-OH is 2. The Bertz CT molecular complexity index is 795. The smallest absolute Gasteiger partial charge is 0.255 e. The van der Waals surface area contributed by atoms with Gasteiger partial charge < -0.3 is 20.3 Å². The van der Waals surface area contributed by atoms with Gasteiger partial charge in [0.15, 0.2) is 0 Å². The topological polar surface area (TPSA) is 93.5 Å². The number of aromatic hydroxyl groups is 1. The van der Waals surface area contributed by atoms with Crippen LogP contribution in [0.3, 0.4) is 0 Å². The van der Waals surface area contributed by atoms with Crippen molar-refractivity contribution in [3.63, 3.8) is 0 Å². The summed E-state index contributed by atoms with van der Waals surface area (Å²) in [5, 5.41) is 31.3. The molecule has 1 aromatic heterocycles. The minimum Gasteiger partial charge on any atom is -0.507 e. The van der Waals surface area contributed by atoms with E-state index in [0.29, 0.717) is 11.1 Å². The molecule has 0 aliphatic carbocycles. The molecule has 0 saturated heterocycles. The number of H-pyrrole nitrogens is 1. The molecule has 0 radical (unpaired) electrons. The molecule has 0 fully saturated rings. The van der Waals surface area contributed by atoms with E-state index in [1.165, 1.54) is 6.20 Å². The lowest BCUT2D eigenvalue weighted by molar-refractivity contribution is 0.0702. The minimum atomic E-state index is -1.33. The van der Waals surface area contributed by atoms with Crippen LogP contribution in [-0.4, -0.2) is 33.0 Å². The first-order chi connectivity index (χ1) is 11.4. The van der Waals surface area contributed by atoms with Crippen molar-refractivity contribution < 1.29 is 15.3 Å². The largest absolute Gasteiger partial charge is 0.507 e. The number of pyridine rings is 1. The molecule has 1 aromatic carbocycles. The van der Waals surface area contributed by atoms with Gasteiger partial charge in [-0.25, -0.2) is 0 Å². The summed E-state index contributed by atoms with van der Waals surface area (Å²) < 4.78 is 0. The molecule has 0 aliphatic heterocycles. The van der Waals surface area contributed by atoms with Crippen molar-refractivity contribution in [2.75, 3.05) is 6.61 Å². The summed E-state index contributed by atoms with van der Waals surface area (Å²) in [6, 6.07) is 9.11. The van der Waals surface area contributed by atoms with E-state index in [1.807, 2.05) is 18.2 Å². The maximum atomic E-state index is 12.4. The van der Waals surface area contributed by atoms with Crippen LogP contribution in [0.15, 0.2) is 53.0 Å². The zero-order valence-electron chi connectivity index (χ0n) is 14.1. The fourth-order valence-corrected chi connectivity index (χ4v) is 2.85. The van der Waals surface area contributed by atoms with Gasteiger partial charge in [-0.2, -0.15) is 0 Å². The minimum absolute atomic E-state index is 0.0277. The molecule has 24 heavy (non-hydrogen) atoms. The monoisotopic (exact) mass is 329 g/mol. The van der Waals surface area contributed by atoms with E-state index >= 15 is 0 Å². The number of benzene rings is 1. The van der Waals surface area contributed by atoms with Crippen molar-refractivity contribution in [3.05, 3.63) is 64.1 Å². The molecule has 1 heterocycles. The van der Waals surface area contributed by atoms with Gasteiger partial charge in [0.25, 0.3) is 5.56 Å². The lowest BCUT2D eigenvalue weighted by atomic mass is 9.75. The molecular weight excluding hydrogens is 306 g/mol. The van der Waals surface area contributed by atoms with Gasteiger partial charge in [-0.3, -0.25) is 4.79 Å². The molecule has 2 unspecified atom stereocenters. The van der Waals surface area contributed by atoms with Crippen molar-refractivity contribution in [3.8, 4) is 16.9 Å². The average molecular weight is 329 g/mol. The summed E-state index contributed by atoms with van der Waals surface area (Å²) in [4.78, 5) is 15.0. The second-order valence-electron chi connectivity index (χ2n) is 6.13. The summed E-state index contributed by atoms with van der Waals surface area (Å²) in [6.07, 6.45) is 2.04. The molecule has 2 atom stereocenters. The Balaban J connectivity index is 2.71. The number of hydrogen-bond donors (Lipinski definition) is 4. The predicted octanol–water partition coefficient (Wildman–Crippen LogP) is 2.32. The predicted molar refractivity (Wildman–Crippen MR) is 94.0 cm³/mol. The first-order valence-corrected chi connectivity index (χ1v) is 7.79. The maximum Gasteiger partial charge on any atom is 0.255 e. The number of nitrogens with one attached hydrogen (secondary N) is 1. The summed E-state index contributed by atoms with van der Waals surface area (Å²) >= 11 is 0. The van der Waals surface area contributed by atoms with Gasteiger partial charge in [-0.1, -0.05) is 43.3 Å². The van der Waals surface area contributed by atoms with Crippen LogP contribution < -0.4 is 5.56 Å². The summed E-state index contributed by atoms with van der Waals surface area (Å²) in [5.41, 5.74) is -0.124. The molecule has 5 nitrogen and oxygen atoms in total. The average Bonchev–Trinajstić information content (AvgIpc) is 2.60. The molecule has 0 saturated carbocycles. The Morgan fingerprint density at radius 2 is 1.96 bits per heavy atom. The Labute approximate surface area is 140 Å². The number of allylic oxidation sites excluding steroid dienone is 1. The van der Waals surface area contributed by atoms with E-state index < -0.39 is 23.7 Å². The van der Waals surface area contributed by atoms with Gasteiger partial charge in [0.1, 0.15) is 5.75 Å². The highest BCUT2D eigenvalue weighted by Gasteiger charge is 2.40. The van der Waals surface area contributed by atoms with Gasteiger partial charge in [-0.15, -0.1) is 0 Å². The van der Waals surface area contributed by atoms with E-state index in [2.05, 4.69) is 4.98 Å². The first kappa shape index (κ1) is 18.0. The third kappa shape index (κ3) is 3.00. The molecule has 0 aliphatic rings. The standard InChI is InChI=1S/C19H23NO4/c1-4-12(2)17(23)19(3,11-21)15-16(22)14(10-20-18(15)24)13-8-6-5-7-9-13/h4-10,17,21,23H,11H2,1-3H3,(H2,20,22,24)/b12-4+. The van der Waals surface area contributed by atoms with Crippen LogP contribution in [0.25, 0.3) is 11.1 Å². The molecule has 4 N–H and O–H groups in total. The van der Waals surface area contributed by atoms with Gasteiger partial charge in [0.2, 0.25) is 0 Å². The van der Waals surface area contributed by atoms with Gasteiger partial charge in [0.05, 0.1) is 23.7 Å². The first-order valence-electron chi connectivity index (χ1n) is 7.79. The van der Waals surface area contributed by atoms with E-state index in [4.69, 9.17) is 0 Å². The normalized spacial score (nSPS) is 15.8. The zero-order valence-corrected chi connectivity index (χ0v) is 14.1. The van der Waals surface area contributed by atoms with Gasteiger partial charge in [-0.05, 0) is 25.0 Å². The van der Waals surface area contributed by atoms with Crippen LogP contribution >= 0.6 is 0 Å². The van der Waals surface area contributed by atoms with Crippen LogP contribution in [-0.2, 0) is 5.41 Å². The Kier molecular flexibility index (Phi) is 5.26. The summed E-state index contributed by atoms with van der Waals surface area (Å²) in [7, 11) is 0. The van der Waals surface area contributed by atoms with E-state index in [9.17, 15) is 20.1 Å². The fraction of sp³-hybridized carbons (Fsp3) is 0.316. The number of rotatable bonds is 5. The SMILES string of the molecule is C/C=C(\C)C(O)C(C)(CO)c1c(O)c(-c2ccccc2)c[nH]c1=O. The third-order valence-corrected chi connectivity index (χ3v) is 4.54. The van der Waals surface area contributed by atoms with Gasteiger partial charge in [0, 0.05) is 11.8 Å². The van der Waals surface area contributed by atoms with Crippen molar-refractivity contribution in [1.29, 1.82) is 0 Å². The molecular formula is C19H23NO4. The number of aromatic amines is 1. The zero-order chi connectivity index (χ0) is 17.9. The van der Waals surface area contributed by atoms with Crippen LogP contribution in [0.5, 0.6) is 5.75 Å². The second kappa shape index (κ2) is 7.03. The molecule has 0 amide bonds. The Morgan fingerprint density at radius 1 is 1.33 bits per heavy atom. The highest BCUT2D eigenvalue weighted by Crippen LogP contribution is 2.38. The quantitative estimate of drug-likeness (QED) is 0.633. The molecule has 2 aromatic rings. The summed E-state index contributed by atoms with van der Waals surface area (Å²) in [6.45, 7) is 4.55. The van der Waals surface area contributed by atoms with Crippen LogP contribution in [0.2, 0.25) is 0 Å². The molecule has 0 bridgehead atoms. The van der Waals surface area contributed by atoms with Crippen molar-refractivity contribution >= 4 is 0 Å². The van der Waals surface area contributed by atoms with Crippen LogP contribution in [0, 0.1) is 0 Å². The Hall–Kier alpha value is -2.37. The molecule has 0 spiro atoms. The lowest BCUT2D eigenvalue weighted by Gasteiger charge is -2.33. The van der Waals surface area contributed by atoms with E-state index in [-0.39, 0.29) is 11.3 Å². The second-order valence-corrected chi connectivity index (χ2v) is 6.13. The van der Waals surface area contributed by atoms with Gasteiger partial charge >= 0.3 is 0 Å². The number of aliphatic hydroxyl groups is 2. The highest BCUT2D eigenvalue weighted by atomic mass is 16.3. The number of aromatic nitrogens is 1. The number of hydrogen-bond acceptors (Lipinski definition) is 4. The highest BCUT2D eigenvalue weighted by molar-refractivity contribution is 5.71. The van der Waals surface area contributed by atoms with Crippen LogP contribution in [0.4, 0.5) is 0 Å².